The Morgan fingerprint density at radius 2 is 1.85 bits per heavy atom. The zero-order valence-electron chi connectivity index (χ0n) is 14.7. The number of methoxy groups -OCH3 is 1. The highest BCUT2D eigenvalue weighted by Gasteiger charge is 2.37. The molecule has 3 rings (SSSR count). The molecule has 0 saturated carbocycles. The smallest absolute Gasteiger partial charge is 0.265 e. The van der Waals surface area contributed by atoms with E-state index in [-0.39, 0.29) is 28.5 Å². The van der Waals surface area contributed by atoms with Crippen LogP contribution in [0.5, 0.6) is 5.75 Å². The first-order valence-electron chi connectivity index (χ1n) is 7.98. The van der Waals surface area contributed by atoms with E-state index in [9.17, 15) is 21.6 Å². The largest absolute Gasteiger partial charge is 0.495 e. The summed E-state index contributed by atoms with van der Waals surface area (Å²) in [5.74, 6) is -0.874. The maximum Gasteiger partial charge on any atom is 0.265 e. The molecule has 0 aliphatic carbocycles. The third kappa shape index (κ3) is 3.62. The van der Waals surface area contributed by atoms with Crippen molar-refractivity contribution < 1.29 is 26.4 Å². The zero-order valence-corrected chi connectivity index (χ0v) is 16.3. The van der Waals surface area contributed by atoms with Crippen molar-refractivity contribution in [3.8, 4) is 5.75 Å². The molecule has 1 fully saturated rings. The van der Waals surface area contributed by atoms with Gasteiger partial charge in [-0.2, -0.15) is 0 Å². The number of carbonyl (C=O) groups is 1. The van der Waals surface area contributed by atoms with Gasteiger partial charge in [0.25, 0.3) is 10.0 Å². The van der Waals surface area contributed by atoms with Gasteiger partial charge < -0.3 is 4.74 Å². The lowest BCUT2D eigenvalue weighted by Gasteiger charge is -2.18. The molecule has 1 amide bonds. The van der Waals surface area contributed by atoms with E-state index in [0.29, 0.717) is 15.6 Å². The number of hydrogen-bond donors (Lipinski definition) is 1. The SMILES string of the molecule is COc1ccc(N2C(=O)CCS2(=O)=O)cc1S(=O)(=O)Nc1ccccc1C. The molecule has 2 aromatic carbocycles. The number of para-hydroxylation sites is 1. The van der Waals surface area contributed by atoms with E-state index in [4.69, 9.17) is 4.74 Å². The van der Waals surface area contributed by atoms with E-state index < -0.39 is 26.0 Å². The Balaban J connectivity index is 2.09. The van der Waals surface area contributed by atoms with E-state index in [1.165, 1.54) is 19.2 Å². The predicted octanol–water partition coefficient (Wildman–Crippen LogP) is 1.87. The van der Waals surface area contributed by atoms with Crippen molar-refractivity contribution in [2.45, 2.75) is 18.2 Å². The van der Waals surface area contributed by atoms with Gasteiger partial charge in [-0.05, 0) is 36.8 Å². The summed E-state index contributed by atoms with van der Waals surface area (Å²) in [6.07, 6.45) is -0.141. The Labute approximate surface area is 157 Å². The number of ether oxygens (including phenoxy) is 1. The normalized spacial score (nSPS) is 16.4. The first-order valence-corrected chi connectivity index (χ1v) is 11.1. The van der Waals surface area contributed by atoms with Gasteiger partial charge in [-0.3, -0.25) is 9.52 Å². The lowest BCUT2D eigenvalue weighted by atomic mass is 10.2. The molecular weight excluding hydrogens is 392 g/mol. The molecular formula is C17H18N2O6S2. The van der Waals surface area contributed by atoms with E-state index >= 15 is 0 Å². The summed E-state index contributed by atoms with van der Waals surface area (Å²) < 4.78 is 58.3. The number of anilines is 2. The number of carbonyl (C=O) groups excluding carboxylic acids is 1. The third-order valence-corrected chi connectivity index (χ3v) is 7.22. The first-order chi connectivity index (χ1) is 12.7. The van der Waals surface area contributed by atoms with Crippen molar-refractivity contribution in [3.63, 3.8) is 0 Å². The number of rotatable bonds is 5. The highest BCUT2D eigenvalue weighted by atomic mass is 32.2. The number of amides is 1. The monoisotopic (exact) mass is 410 g/mol. The van der Waals surface area contributed by atoms with Gasteiger partial charge >= 0.3 is 0 Å². The van der Waals surface area contributed by atoms with Crippen molar-refractivity contribution >= 4 is 37.3 Å². The average molecular weight is 410 g/mol. The van der Waals surface area contributed by atoms with Crippen LogP contribution in [0.25, 0.3) is 0 Å². The lowest BCUT2D eigenvalue weighted by molar-refractivity contribution is -0.116. The third-order valence-electron chi connectivity index (χ3n) is 4.14. The highest BCUT2D eigenvalue weighted by molar-refractivity contribution is 7.94. The summed E-state index contributed by atoms with van der Waals surface area (Å²) in [7, 11) is -6.60. The molecule has 144 valence electrons. The average Bonchev–Trinajstić information content (AvgIpc) is 2.89. The number of nitrogens with one attached hydrogen (secondary N) is 1. The Kier molecular flexibility index (Phi) is 4.87. The summed E-state index contributed by atoms with van der Waals surface area (Å²) in [6.45, 7) is 1.75. The van der Waals surface area contributed by atoms with Crippen LogP contribution in [-0.2, 0) is 24.8 Å². The van der Waals surface area contributed by atoms with Crippen LogP contribution >= 0.6 is 0 Å². The topological polar surface area (TPSA) is 110 Å². The molecule has 0 radical (unpaired) electrons. The van der Waals surface area contributed by atoms with Crippen LogP contribution in [0.1, 0.15) is 12.0 Å². The molecule has 10 heteroatoms. The summed E-state index contributed by atoms with van der Waals surface area (Å²) in [5.41, 5.74) is 1.06. The van der Waals surface area contributed by atoms with E-state index in [1.54, 1.807) is 31.2 Å². The second-order valence-corrected chi connectivity index (χ2v) is 9.57. The summed E-state index contributed by atoms with van der Waals surface area (Å²) >= 11 is 0. The van der Waals surface area contributed by atoms with Crippen LogP contribution < -0.4 is 13.8 Å². The number of benzene rings is 2. The van der Waals surface area contributed by atoms with Crippen LogP contribution in [0.3, 0.4) is 0 Å². The van der Waals surface area contributed by atoms with Crippen molar-refractivity contribution in [2.75, 3.05) is 21.9 Å². The molecule has 0 aromatic heterocycles. The van der Waals surface area contributed by atoms with Crippen LogP contribution in [0.2, 0.25) is 0 Å². The minimum absolute atomic E-state index is 0.0314. The van der Waals surface area contributed by atoms with Crippen molar-refractivity contribution in [3.05, 3.63) is 48.0 Å². The minimum atomic E-state index is -4.09. The summed E-state index contributed by atoms with van der Waals surface area (Å²) in [4.78, 5) is 11.7. The molecule has 1 aliphatic heterocycles. The van der Waals surface area contributed by atoms with Gasteiger partial charge in [0.1, 0.15) is 10.6 Å². The van der Waals surface area contributed by atoms with Crippen LogP contribution in [0.15, 0.2) is 47.4 Å². The van der Waals surface area contributed by atoms with Crippen molar-refractivity contribution in [2.24, 2.45) is 0 Å². The number of aryl methyl sites for hydroxylation is 1. The number of sulfonamides is 2. The molecule has 0 unspecified atom stereocenters. The quantitative estimate of drug-likeness (QED) is 0.806. The summed E-state index contributed by atoms with van der Waals surface area (Å²) in [6, 6.07) is 10.6. The zero-order chi connectivity index (χ0) is 19.8. The maximum absolute atomic E-state index is 12.9. The lowest BCUT2D eigenvalue weighted by Crippen LogP contribution is -2.29. The fourth-order valence-electron chi connectivity index (χ4n) is 2.76. The van der Waals surface area contributed by atoms with Crippen LogP contribution in [0.4, 0.5) is 11.4 Å². The Bertz CT molecular complexity index is 1110. The Morgan fingerprint density at radius 1 is 1.15 bits per heavy atom. The highest BCUT2D eigenvalue weighted by Crippen LogP contribution is 2.33. The molecule has 0 bridgehead atoms. The number of hydrogen-bond acceptors (Lipinski definition) is 6. The van der Waals surface area contributed by atoms with Gasteiger partial charge in [-0.15, -0.1) is 0 Å². The molecule has 0 atom stereocenters. The van der Waals surface area contributed by atoms with Crippen LogP contribution in [0, 0.1) is 6.92 Å². The Hall–Kier alpha value is -2.59. The molecule has 1 saturated heterocycles. The fraction of sp³-hybridized carbons (Fsp3) is 0.235. The predicted molar refractivity (Wildman–Crippen MR) is 101 cm³/mol. The second-order valence-electron chi connectivity index (χ2n) is 5.98. The fourth-order valence-corrected chi connectivity index (χ4v) is 5.53. The molecule has 1 N–H and O–H groups in total. The molecule has 27 heavy (non-hydrogen) atoms. The Morgan fingerprint density at radius 3 is 2.44 bits per heavy atom. The molecule has 1 heterocycles. The van der Waals surface area contributed by atoms with E-state index in [1.807, 2.05) is 0 Å². The molecule has 8 nitrogen and oxygen atoms in total. The summed E-state index contributed by atoms with van der Waals surface area (Å²) in [5, 5.41) is 0. The maximum atomic E-state index is 12.9. The van der Waals surface area contributed by atoms with E-state index in [0.717, 1.165) is 6.07 Å². The van der Waals surface area contributed by atoms with Gasteiger partial charge in [0.2, 0.25) is 15.9 Å². The van der Waals surface area contributed by atoms with Crippen molar-refractivity contribution in [1.29, 1.82) is 0 Å². The van der Waals surface area contributed by atoms with Gasteiger partial charge in [0, 0.05) is 6.42 Å². The second kappa shape index (κ2) is 6.86. The number of nitrogens with zero attached hydrogens (tertiary/aromatic N) is 1. The minimum Gasteiger partial charge on any atom is -0.495 e. The van der Waals surface area contributed by atoms with Gasteiger partial charge in [0.05, 0.1) is 24.2 Å². The van der Waals surface area contributed by atoms with Gasteiger partial charge in [-0.25, -0.2) is 21.1 Å². The molecule has 0 spiro atoms. The first kappa shape index (κ1) is 19.2. The van der Waals surface area contributed by atoms with E-state index in [2.05, 4.69) is 4.72 Å². The van der Waals surface area contributed by atoms with Gasteiger partial charge in [0.15, 0.2) is 0 Å². The van der Waals surface area contributed by atoms with Gasteiger partial charge in [-0.1, -0.05) is 18.2 Å². The van der Waals surface area contributed by atoms with Crippen molar-refractivity contribution in [1.82, 2.24) is 0 Å². The molecule has 1 aliphatic rings. The standard InChI is InChI=1S/C17H18N2O6S2/c1-12-5-3-4-6-14(12)18-27(23,24)16-11-13(7-8-15(16)25-2)19-17(20)9-10-26(19,21)22/h3-8,11,18H,9-10H2,1-2H3. The van der Waals surface area contributed by atoms with Crippen LogP contribution in [-0.4, -0.2) is 35.6 Å². The molecule has 2 aromatic rings.